The van der Waals surface area contributed by atoms with E-state index in [9.17, 15) is 4.57 Å². The molecular formula is C9H10ClN2OP. The Balaban J connectivity index is 2.77. The Morgan fingerprint density at radius 1 is 1.43 bits per heavy atom. The van der Waals surface area contributed by atoms with Gasteiger partial charge in [-0.1, -0.05) is 11.6 Å². The number of H-pyrrole nitrogens is 1. The molecule has 0 saturated carbocycles. The lowest BCUT2D eigenvalue weighted by atomic mass is 10.3. The van der Waals surface area contributed by atoms with Gasteiger partial charge in [-0.25, -0.2) is 0 Å². The average Bonchev–Trinajstić information content (AvgIpc) is 2.45. The van der Waals surface area contributed by atoms with Crippen LogP contribution >= 0.6 is 18.7 Å². The molecule has 2 aromatic rings. The van der Waals surface area contributed by atoms with Crippen LogP contribution in [-0.2, 0) is 4.57 Å². The second kappa shape index (κ2) is 3.11. The number of rotatable bonds is 1. The summed E-state index contributed by atoms with van der Waals surface area (Å²) in [5.41, 5.74) is 1.47. The minimum absolute atomic E-state index is 0.637. The van der Waals surface area contributed by atoms with E-state index in [2.05, 4.69) is 10.2 Å². The zero-order valence-corrected chi connectivity index (χ0v) is 9.56. The van der Waals surface area contributed by atoms with Gasteiger partial charge in [0.25, 0.3) is 0 Å². The molecule has 74 valence electrons. The van der Waals surface area contributed by atoms with Crippen molar-refractivity contribution in [3.63, 3.8) is 0 Å². The van der Waals surface area contributed by atoms with Crippen LogP contribution in [0.1, 0.15) is 0 Å². The highest BCUT2D eigenvalue weighted by molar-refractivity contribution is 7.70. The third kappa shape index (κ3) is 1.58. The standard InChI is InChI=1S/C9H10ClN2OP/c1-14(2,13)9-7-4-3-6(10)5-8(7)11-12-9/h3-5H,1-2H3,(H,11,12). The highest BCUT2D eigenvalue weighted by Gasteiger charge is 2.17. The number of hydrogen-bond acceptors (Lipinski definition) is 2. The predicted octanol–water partition coefficient (Wildman–Crippen LogP) is 2.46. The van der Waals surface area contributed by atoms with E-state index in [1.165, 1.54) is 0 Å². The van der Waals surface area contributed by atoms with Crippen molar-refractivity contribution in [2.24, 2.45) is 0 Å². The zero-order chi connectivity index (χ0) is 10.3. The van der Waals surface area contributed by atoms with Crippen molar-refractivity contribution in [2.45, 2.75) is 0 Å². The molecule has 0 atom stereocenters. The summed E-state index contributed by atoms with van der Waals surface area (Å²) < 4.78 is 11.9. The number of hydrogen-bond donors (Lipinski definition) is 1. The maximum absolute atomic E-state index is 11.9. The maximum Gasteiger partial charge on any atom is 0.127 e. The van der Waals surface area contributed by atoms with E-state index in [1.54, 1.807) is 25.5 Å². The third-order valence-corrected chi connectivity index (χ3v) is 3.69. The van der Waals surface area contributed by atoms with Crippen LogP contribution in [-0.4, -0.2) is 23.5 Å². The smallest absolute Gasteiger partial charge is 0.127 e. The maximum atomic E-state index is 11.9. The van der Waals surface area contributed by atoms with Gasteiger partial charge in [0.1, 0.15) is 12.6 Å². The second-order valence-corrected chi connectivity index (χ2v) is 7.17. The topological polar surface area (TPSA) is 45.8 Å². The molecule has 5 heteroatoms. The zero-order valence-electron chi connectivity index (χ0n) is 7.91. The summed E-state index contributed by atoms with van der Waals surface area (Å²) in [6, 6.07) is 5.38. The summed E-state index contributed by atoms with van der Waals surface area (Å²) in [5.74, 6) is 0. The van der Waals surface area contributed by atoms with Crippen molar-refractivity contribution in [1.82, 2.24) is 10.2 Å². The van der Waals surface area contributed by atoms with Gasteiger partial charge in [-0.3, -0.25) is 5.10 Å². The Bertz CT molecular complexity index is 529. The number of nitrogens with zero attached hydrogens (tertiary/aromatic N) is 1. The van der Waals surface area contributed by atoms with Crippen LogP contribution in [0.25, 0.3) is 10.9 Å². The Labute approximate surface area is 86.8 Å². The molecule has 1 aromatic heterocycles. The lowest BCUT2D eigenvalue weighted by molar-refractivity contribution is 0.588. The Hall–Kier alpha value is -0.790. The van der Waals surface area contributed by atoms with Crippen LogP contribution in [0, 0.1) is 0 Å². The van der Waals surface area contributed by atoms with E-state index in [0.29, 0.717) is 10.5 Å². The van der Waals surface area contributed by atoms with E-state index < -0.39 is 7.14 Å². The van der Waals surface area contributed by atoms with Crippen molar-refractivity contribution < 1.29 is 4.57 Å². The van der Waals surface area contributed by atoms with Crippen molar-refractivity contribution in [1.29, 1.82) is 0 Å². The van der Waals surface area contributed by atoms with Gasteiger partial charge in [-0.2, -0.15) is 5.10 Å². The Morgan fingerprint density at radius 2 is 2.14 bits per heavy atom. The lowest BCUT2D eigenvalue weighted by Gasteiger charge is -2.02. The summed E-state index contributed by atoms with van der Waals surface area (Å²) in [5, 5.41) is 8.40. The fourth-order valence-corrected chi connectivity index (χ4v) is 2.61. The molecule has 0 bridgehead atoms. The number of fused-ring (bicyclic) bond motifs is 1. The van der Waals surface area contributed by atoms with E-state index in [0.717, 1.165) is 10.9 Å². The molecule has 0 aliphatic carbocycles. The monoisotopic (exact) mass is 228 g/mol. The van der Waals surface area contributed by atoms with Crippen molar-refractivity contribution >= 4 is 35.1 Å². The number of benzene rings is 1. The normalized spacial score (nSPS) is 12.2. The minimum Gasteiger partial charge on any atom is -0.318 e. The molecule has 1 N–H and O–H groups in total. The highest BCUT2D eigenvalue weighted by atomic mass is 35.5. The summed E-state index contributed by atoms with van der Waals surface area (Å²) in [6.07, 6.45) is 0. The van der Waals surface area contributed by atoms with Gasteiger partial charge in [0, 0.05) is 10.4 Å². The first kappa shape index (κ1) is 9.75. The number of halogens is 1. The van der Waals surface area contributed by atoms with Crippen LogP contribution in [0.15, 0.2) is 18.2 Å². The van der Waals surface area contributed by atoms with E-state index in [1.807, 2.05) is 6.07 Å². The van der Waals surface area contributed by atoms with Crippen LogP contribution in [0.2, 0.25) is 5.02 Å². The van der Waals surface area contributed by atoms with Gasteiger partial charge in [0.15, 0.2) is 0 Å². The van der Waals surface area contributed by atoms with Gasteiger partial charge in [0.05, 0.1) is 5.52 Å². The van der Waals surface area contributed by atoms with E-state index in [-0.39, 0.29) is 0 Å². The first-order chi connectivity index (χ1) is 6.48. The lowest BCUT2D eigenvalue weighted by Crippen LogP contribution is -2.04. The average molecular weight is 229 g/mol. The second-order valence-electron chi connectivity index (χ2n) is 3.58. The Morgan fingerprint density at radius 3 is 2.79 bits per heavy atom. The molecule has 0 amide bonds. The fourth-order valence-electron chi connectivity index (χ4n) is 1.38. The molecule has 14 heavy (non-hydrogen) atoms. The Kier molecular flexibility index (Phi) is 2.17. The summed E-state index contributed by atoms with van der Waals surface area (Å²) in [7, 11) is -2.29. The number of aromatic nitrogens is 2. The van der Waals surface area contributed by atoms with Gasteiger partial charge in [-0.05, 0) is 31.5 Å². The van der Waals surface area contributed by atoms with Crippen molar-refractivity contribution in [2.75, 3.05) is 13.3 Å². The molecule has 1 heterocycles. The third-order valence-electron chi connectivity index (χ3n) is 2.04. The molecule has 0 radical (unpaired) electrons. The molecule has 3 nitrogen and oxygen atoms in total. The fraction of sp³-hybridized carbons (Fsp3) is 0.222. The molecule has 0 saturated heterocycles. The molecule has 0 aliphatic rings. The quantitative estimate of drug-likeness (QED) is 0.762. The molecule has 0 unspecified atom stereocenters. The molecule has 0 spiro atoms. The SMILES string of the molecule is CP(C)(=O)c1[nH]nc2cc(Cl)ccc12. The van der Waals surface area contributed by atoms with Crippen LogP contribution in [0.5, 0.6) is 0 Å². The summed E-state index contributed by atoms with van der Waals surface area (Å²) in [4.78, 5) is 0. The number of aromatic amines is 1. The first-order valence-corrected chi connectivity index (χ1v) is 7.15. The van der Waals surface area contributed by atoms with Gasteiger partial charge >= 0.3 is 0 Å². The minimum atomic E-state index is -2.29. The van der Waals surface area contributed by atoms with E-state index in [4.69, 9.17) is 11.6 Å². The van der Waals surface area contributed by atoms with Gasteiger partial charge in [0.2, 0.25) is 0 Å². The van der Waals surface area contributed by atoms with Crippen molar-refractivity contribution in [3.8, 4) is 0 Å². The summed E-state index contributed by atoms with van der Waals surface area (Å²) in [6.45, 7) is 3.43. The van der Waals surface area contributed by atoms with Crippen LogP contribution < -0.4 is 5.44 Å². The molecule has 0 aliphatic heterocycles. The molecule has 2 rings (SSSR count). The van der Waals surface area contributed by atoms with Crippen LogP contribution in [0.4, 0.5) is 0 Å². The van der Waals surface area contributed by atoms with Gasteiger partial charge in [-0.15, -0.1) is 0 Å². The number of nitrogens with one attached hydrogen (secondary N) is 1. The van der Waals surface area contributed by atoms with E-state index >= 15 is 0 Å². The molecule has 1 aromatic carbocycles. The predicted molar refractivity (Wildman–Crippen MR) is 60.2 cm³/mol. The van der Waals surface area contributed by atoms with Gasteiger partial charge < -0.3 is 4.57 Å². The van der Waals surface area contributed by atoms with Crippen molar-refractivity contribution in [3.05, 3.63) is 23.2 Å². The molecule has 0 fully saturated rings. The van der Waals surface area contributed by atoms with Crippen LogP contribution in [0.3, 0.4) is 0 Å². The largest absolute Gasteiger partial charge is 0.318 e. The summed E-state index contributed by atoms with van der Waals surface area (Å²) >= 11 is 5.82. The molecular weight excluding hydrogens is 219 g/mol. The first-order valence-electron chi connectivity index (χ1n) is 4.17. The highest BCUT2D eigenvalue weighted by Crippen LogP contribution is 2.36.